The zero-order valence-corrected chi connectivity index (χ0v) is 11.5. The number of rotatable bonds is 2. The van der Waals surface area contributed by atoms with Crippen molar-refractivity contribution in [3.8, 4) is 0 Å². The van der Waals surface area contributed by atoms with Gasteiger partial charge in [-0.2, -0.15) is 0 Å². The molecule has 98 valence electrons. The van der Waals surface area contributed by atoms with Gasteiger partial charge in [-0.05, 0) is 59.0 Å². The summed E-state index contributed by atoms with van der Waals surface area (Å²) in [6.07, 6.45) is 2.10. The second kappa shape index (κ2) is 5.53. The largest absolute Gasteiger partial charge is 0.349 e. The van der Waals surface area contributed by atoms with Gasteiger partial charge in [0.2, 0.25) is 0 Å². The Hall–Kier alpha value is -1.35. The van der Waals surface area contributed by atoms with E-state index in [-0.39, 0.29) is 5.91 Å². The summed E-state index contributed by atoms with van der Waals surface area (Å²) in [5.41, 5.74) is 3.07. The van der Waals surface area contributed by atoms with Gasteiger partial charge >= 0.3 is 0 Å². The van der Waals surface area contributed by atoms with Crippen molar-refractivity contribution in [2.45, 2.75) is 32.7 Å². The quantitative estimate of drug-likeness (QED) is 0.867. The van der Waals surface area contributed by atoms with Gasteiger partial charge in [0, 0.05) is 11.6 Å². The van der Waals surface area contributed by atoms with Crippen molar-refractivity contribution < 1.29 is 4.79 Å². The minimum atomic E-state index is 0.0661. The van der Waals surface area contributed by atoms with E-state index < -0.39 is 0 Å². The van der Waals surface area contributed by atoms with Crippen LogP contribution >= 0.6 is 0 Å². The average Bonchev–Trinajstić information content (AvgIpc) is 2.31. The van der Waals surface area contributed by atoms with Crippen LogP contribution in [0.3, 0.4) is 0 Å². The molecule has 1 aromatic carbocycles. The Morgan fingerprint density at radius 2 is 1.72 bits per heavy atom. The fourth-order valence-corrected chi connectivity index (χ4v) is 2.53. The molecule has 0 unspecified atom stereocenters. The van der Waals surface area contributed by atoms with Crippen molar-refractivity contribution in [1.29, 1.82) is 0 Å². The summed E-state index contributed by atoms with van der Waals surface area (Å²) in [4.78, 5) is 14.5. The topological polar surface area (TPSA) is 32.3 Å². The molecule has 3 nitrogen and oxygen atoms in total. The van der Waals surface area contributed by atoms with Crippen LogP contribution in [-0.2, 0) is 0 Å². The van der Waals surface area contributed by atoms with Crippen molar-refractivity contribution in [2.75, 3.05) is 20.1 Å². The number of hydrogen-bond acceptors (Lipinski definition) is 2. The van der Waals surface area contributed by atoms with Crippen LogP contribution < -0.4 is 5.32 Å². The number of nitrogens with zero attached hydrogens (tertiary/aromatic N) is 1. The highest BCUT2D eigenvalue weighted by Crippen LogP contribution is 2.12. The Morgan fingerprint density at radius 3 is 2.28 bits per heavy atom. The van der Waals surface area contributed by atoms with Gasteiger partial charge in [-0.3, -0.25) is 4.79 Å². The Balaban J connectivity index is 1.99. The lowest BCUT2D eigenvalue weighted by molar-refractivity contribution is 0.0916. The first-order valence-electron chi connectivity index (χ1n) is 6.62. The molecule has 1 aromatic rings. The molecule has 1 N–H and O–H groups in total. The molecule has 0 bridgehead atoms. The third-order valence-corrected chi connectivity index (χ3v) is 3.54. The van der Waals surface area contributed by atoms with E-state index in [1.807, 2.05) is 26.0 Å². The van der Waals surface area contributed by atoms with E-state index in [1.165, 1.54) is 0 Å². The van der Waals surface area contributed by atoms with Crippen LogP contribution in [0, 0.1) is 13.8 Å². The molecule has 18 heavy (non-hydrogen) atoms. The van der Waals surface area contributed by atoms with Crippen LogP contribution in [-0.4, -0.2) is 37.0 Å². The molecule has 3 heteroatoms. The van der Waals surface area contributed by atoms with Crippen molar-refractivity contribution >= 4 is 5.91 Å². The number of amides is 1. The van der Waals surface area contributed by atoms with Crippen molar-refractivity contribution in [3.05, 3.63) is 34.9 Å². The van der Waals surface area contributed by atoms with E-state index in [0.29, 0.717) is 6.04 Å². The van der Waals surface area contributed by atoms with Gasteiger partial charge in [0.05, 0.1) is 0 Å². The van der Waals surface area contributed by atoms with Crippen molar-refractivity contribution in [3.63, 3.8) is 0 Å². The molecule has 1 aliphatic rings. The first kappa shape index (κ1) is 13.1. The van der Waals surface area contributed by atoms with E-state index in [4.69, 9.17) is 0 Å². The minimum Gasteiger partial charge on any atom is -0.349 e. The summed E-state index contributed by atoms with van der Waals surface area (Å²) in [7, 11) is 2.13. The summed E-state index contributed by atoms with van der Waals surface area (Å²) in [6.45, 7) is 6.19. The molecule has 0 aromatic heterocycles. The Bertz CT molecular complexity index is 414. The molecular weight excluding hydrogens is 224 g/mol. The summed E-state index contributed by atoms with van der Waals surface area (Å²) < 4.78 is 0. The maximum absolute atomic E-state index is 12.2. The number of hydrogen-bond donors (Lipinski definition) is 1. The van der Waals surface area contributed by atoms with Gasteiger partial charge in [-0.15, -0.1) is 0 Å². The van der Waals surface area contributed by atoms with E-state index in [2.05, 4.69) is 23.3 Å². The van der Waals surface area contributed by atoms with Crippen LogP contribution in [0.5, 0.6) is 0 Å². The maximum Gasteiger partial charge on any atom is 0.251 e. The molecular formula is C15H22N2O. The predicted molar refractivity (Wildman–Crippen MR) is 73.9 cm³/mol. The van der Waals surface area contributed by atoms with Crippen molar-refractivity contribution in [1.82, 2.24) is 10.2 Å². The van der Waals surface area contributed by atoms with Crippen LogP contribution in [0.2, 0.25) is 0 Å². The molecule has 2 rings (SSSR count). The van der Waals surface area contributed by atoms with Gasteiger partial charge in [-0.1, -0.05) is 17.2 Å². The maximum atomic E-state index is 12.2. The Morgan fingerprint density at radius 1 is 1.17 bits per heavy atom. The van der Waals surface area contributed by atoms with Crippen LogP contribution in [0.25, 0.3) is 0 Å². The summed E-state index contributed by atoms with van der Waals surface area (Å²) >= 11 is 0. The number of aryl methyl sites for hydroxylation is 2. The third kappa shape index (κ3) is 3.33. The molecule has 0 atom stereocenters. The molecule has 0 aliphatic carbocycles. The second-order valence-corrected chi connectivity index (χ2v) is 5.43. The lowest BCUT2D eigenvalue weighted by Gasteiger charge is -2.29. The van der Waals surface area contributed by atoms with Gasteiger partial charge in [0.25, 0.3) is 5.91 Å². The standard InChI is InChI=1S/C15H22N2O/c1-11-8-12(2)10-13(9-11)15(18)16-14-4-6-17(3)7-5-14/h8-10,14H,4-7H2,1-3H3,(H,16,18). The number of carbonyl (C=O) groups excluding carboxylic acids is 1. The predicted octanol–water partition coefficient (Wildman–Crippen LogP) is 2.13. The highest BCUT2D eigenvalue weighted by atomic mass is 16.1. The number of nitrogens with one attached hydrogen (secondary N) is 1. The zero-order chi connectivity index (χ0) is 13.1. The lowest BCUT2D eigenvalue weighted by atomic mass is 10.0. The molecule has 1 saturated heterocycles. The normalized spacial score (nSPS) is 17.7. The highest BCUT2D eigenvalue weighted by molar-refractivity contribution is 5.94. The smallest absolute Gasteiger partial charge is 0.251 e. The minimum absolute atomic E-state index is 0.0661. The number of benzene rings is 1. The molecule has 1 heterocycles. The second-order valence-electron chi connectivity index (χ2n) is 5.43. The molecule has 0 radical (unpaired) electrons. The van der Waals surface area contributed by atoms with Gasteiger partial charge in [0.1, 0.15) is 0 Å². The monoisotopic (exact) mass is 246 g/mol. The summed E-state index contributed by atoms with van der Waals surface area (Å²) in [5, 5.41) is 3.14. The molecule has 0 saturated carbocycles. The van der Waals surface area contributed by atoms with Gasteiger partial charge < -0.3 is 10.2 Å². The Kier molecular flexibility index (Phi) is 4.02. The zero-order valence-electron chi connectivity index (χ0n) is 11.5. The fraction of sp³-hybridized carbons (Fsp3) is 0.533. The highest BCUT2D eigenvalue weighted by Gasteiger charge is 2.19. The first-order chi connectivity index (χ1) is 8.54. The number of piperidine rings is 1. The molecule has 1 fully saturated rings. The van der Waals surface area contributed by atoms with E-state index in [9.17, 15) is 4.79 Å². The lowest BCUT2D eigenvalue weighted by Crippen LogP contribution is -2.43. The van der Waals surface area contributed by atoms with Crippen molar-refractivity contribution in [2.24, 2.45) is 0 Å². The molecule has 1 amide bonds. The number of carbonyl (C=O) groups is 1. The molecule has 0 spiro atoms. The summed E-state index contributed by atoms with van der Waals surface area (Å²) in [6, 6.07) is 6.33. The van der Waals surface area contributed by atoms with E-state index in [1.54, 1.807) is 0 Å². The fourth-order valence-electron chi connectivity index (χ4n) is 2.53. The Labute approximate surface area is 109 Å². The van der Waals surface area contributed by atoms with Crippen LogP contribution in [0.1, 0.15) is 34.3 Å². The average molecular weight is 246 g/mol. The van der Waals surface area contributed by atoms with Gasteiger partial charge in [0.15, 0.2) is 0 Å². The first-order valence-corrected chi connectivity index (χ1v) is 6.62. The van der Waals surface area contributed by atoms with E-state index >= 15 is 0 Å². The van der Waals surface area contributed by atoms with Crippen LogP contribution in [0.15, 0.2) is 18.2 Å². The molecule has 1 aliphatic heterocycles. The SMILES string of the molecule is Cc1cc(C)cc(C(=O)NC2CCN(C)CC2)c1. The van der Waals surface area contributed by atoms with Gasteiger partial charge in [-0.25, -0.2) is 0 Å². The summed E-state index contributed by atoms with van der Waals surface area (Å²) in [5.74, 6) is 0.0661. The van der Waals surface area contributed by atoms with E-state index in [0.717, 1.165) is 42.6 Å². The van der Waals surface area contributed by atoms with Crippen LogP contribution in [0.4, 0.5) is 0 Å². The third-order valence-electron chi connectivity index (χ3n) is 3.54. The number of likely N-dealkylation sites (tertiary alicyclic amines) is 1.